The van der Waals surface area contributed by atoms with Crippen molar-refractivity contribution < 1.29 is 4.74 Å². The van der Waals surface area contributed by atoms with Crippen LogP contribution < -0.4 is 5.32 Å². The normalized spacial score (nSPS) is 24.6. The Bertz CT molecular complexity index is 166. The quantitative estimate of drug-likeness (QED) is 0.685. The van der Waals surface area contributed by atoms with E-state index in [1.54, 1.807) is 0 Å². The second-order valence-electron chi connectivity index (χ2n) is 5.17. The number of ether oxygens (including phenoxy) is 1. The van der Waals surface area contributed by atoms with Crippen molar-refractivity contribution in [1.82, 2.24) is 5.32 Å². The van der Waals surface area contributed by atoms with Gasteiger partial charge in [0.1, 0.15) is 0 Å². The Balaban J connectivity index is 2.10. The van der Waals surface area contributed by atoms with Crippen molar-refractivity contribution in [2.45, 2.75) is 83.9 Å². The first-order chi connectivity index (χ1) is 7.76. The molecule has 3 atom stereocenters. The molecule has 1 aliphatic heterocycles. The molecule has 0 aromatic carbocycles. The van der Waals surface area contributed by atoms with Gasteiger partial charge in [-0.25, -0.2) is 0 Å². The topological polar surface area (TPSA) is 21.3 Å². The van der Waals surface area contributed by atoms with Gasteiger partial charge in [-0.2, -0.15) is 0 Å². The molecule has 0 aromatic heterocycles. The predicted molar refractivity (Wildman–Crippen MR) is 69.8 cm³/mol. The second-order valence-corrected chi connectivity index (χ2v) is 5.17. The molecule has 3 unspecified atom stereocenters. The SMILES string of the molecule is CCCC(CC)NC(C)CCC1CCCO1. The van der Waals surface area contributed by atoms with Crippen LogP contribution in [0.15, 0.2) is 0 Å². The molecule has 1 heterocycles. The van der Waals surface area contributed by atoms with Gasteiger partial charge in [0.15, 0.2) is 0 Å². The van der Waals surface area contributed by atoms with Crippen LogP contribution in [0.1, 0.15) is 65.7 Å². The fourth-order valence-corrected chi connectivity index (χ4v) is 2.55. The monoisotopic (exact) mass is 227 g/mol. The van der Waals surface area contributed by atoms with Gasteiger partial charge in [0, 0.05) is 18.7 Å². The molecule has 2 nitrogen and oxygen atoms in total. The van der Waals surface area contributed by atoms with Crippen molar-refractivity contribution in [3.8, 4) is 0 Å². The van der Waals surface area contributed by atoms with Gasteiger partial charge in [-0.15, -0.1) is 0 Å². The van der Waals surface area contributed by atoms with Gasteiger partial charge in [0.25, 0.3) is 0 Å². The van der Waals surface area contributed by atoms with E-state index in [0.717, 1.165) is 6.61 Å². The van der Waals surface area contributed by atoms with Gasteiger partial charge >= 0.3 is 0 Å². The van der Waals surface area contributed by atoms with Crippen LogP contribution in [0.5, 0.6) is 0 Å². The minimum Gasteiger partial charge on any atom is -0.378 e. The molecule has 0 bridgehead atoms. The van der Waals surface area contributed by atoms with E-state index in [1.807, 2.05) is 0 Å². The maximum Gasteiger partial charge on any atom is 0.0576 e. The summed E-state index contributed by atoms with van der Waals surface area (Å²) in [6.45, 7) is 7.84. The van der Waals surface area contributed by atoms with E-state index in [2.05, 4.69) is 26.1 Å². The Morgan fingerprint density at radius 3 is 2.69 bits per heavy atom. The molecular weight excluding hydrogens is 198 g/mol. The lowest BCUT2D eigenvalue weighted by molar-refractivity contribution is 0.0996. The van der Waals surface area contributed by atoms with E-state index in [9.17, 15) is 0 Å². The zero-order chi connectivity index (χ0) is 11.8. The fraction of sp³-hybridized carbons (Fsp3) is 1.00. The molecule has 0 aromatic rings. The maximum absolute atomic E-state index is 5.65. The molecular formula is C14H29NO. The average molecular weight is 227 g/mol. The highest BCUT2D eigenvalue weighted by Gasteiger charge is 2.17. The maximum atomic E-state index is 5.65. The zero-order valence-electron chi connectivity index (χ0n) is 11.3. The molecule has 0 aliphatic carbocycles. The molecule has 1 N–H and O–H groups in total. The largest absolute Gasteiger partial charge is 0.378 e. The van der Waals surface area contributed by atoms with Crippen LogP contribution in [-0.4, -0.2) is 24.8 Å². The molecule has 0 radical (unpaired) electrons. The van der Waals surface area contributed by atoms with E-state index in [4.69, 9.17) is 4.74 Å². The van der Waals surface area contributed by atoms with Crippen molar-refractivity contribution in [3.05, 3.63) is 0 Å². The van der Waals surface area contributed by atoms with E-state index in [-0.39, 0.29) is 0 Å². The minimum absolute atomic E-state index is 0.551. The molecule has 0 saturated carbocycles. The smallest absolute Gasteiger partial charge is 0.0576 e. The Hall–Kier alpha value is -0.0800. The highest BCUT2D eigenvalue weighted by Crippen LogP contribution is 2.18. The Morgan fingerprint density at radius 2 is 2.12 bits per heavy atom. The van der Waals surface area contributed by atoms with Gasteiger partial charge in [-0.1, -0.05) is 20.3 Å². The Morgan fingerprint density at radius 1 is 1.31 bits per heavy atom. The molecule has 1 aliphatic rings. The summed E-state index contributed by atoms with van der Waals surface area (Å²) in [6.07, 6.45) is 9.42. The van der Waals surface area contributed by atoms with Gasteiger partial charge in [-0.3, -0.25) is 0 Å². The predicted octanol–water partition coefficient (Wildman–Crippen LogP) is 3.50. The fourth-order valence-electron chi connectivity index (χ4n) is 2.55. The summed E-state index contributed by atoms with van der Waals surface area (Å²) in [5.74, 6) is 0. The Kier molecular flexibility index (Phi) is 7.06. The summed E-state index contributed by atoms with van der Waals surface area (Å²) < 4.78 is 5.65. The third-order valence-electron chi connectivity index (χ3n) is 3.60. The highest BCUT2D eigenvalue weighted by molar-refractivity contribution is 4.73. The zero-order valence-corrected chi connectivity index (χ0v) is 11.3. The molecule has 1 fully saturated rings. The summed E-state index contributed by atoms with van der Waals surface area (Å²) in [4.78, 5) is 0. The lowest BCUT2D eigenvalue weighted by Crippen LogP contribution is -2.36. The van der Waals surface area contributed by atoms with Crippen LogP contribution in [-0.2, 0) is 4.74 Å². The van der Waals surface area contributed by atoms with Gasteiger partial charge in [0.2, 0.25) is 0 Å². The van der Waals surface area contributed by atoms with Crippen molar-refractivity contribution in [1.29, 1.82) is 0 Å². The van der Waals surface area contributed by atoms with Crippen molar-refractivity contribution >= 4 is 0 Å². The highest BCUT2D eigenvalue weighted by atomic mass is 16.5. The lowest BCUT2D eigenvalue weighted by Gasteiger charge is -2.22. The van der Waals surface area contributed by atoms with Crippen LogP contribution in [0.2, 0.25) is 0 Å². The molecule has 96 valence electrons. The third-order valence-corrected chi connectivity index (χ3v) is 3.60. The number of nitrogens with one attached hydrogen (secondary N) is 1. The van der Waals surface area contributed by atoms with Crippen molar-refractivity contribution in [2.75, 3.05) is 6.61 Å². The van der Waals surface area contributed by atoms with Crippen LogP contribution >= 0.6 is 0 Å². The molecule has 0 amide bonds. The molecule has 1 saturated heterocycles. The van der Waals surface area contributed by atoms with E-state index in [0.29, 0.717) is 18.2 Å². The van der Waals surface area contributed by atoms with Gasteiger partial charge in [-0.05, 0) is 45.4 Å². The first kappa shape index (κ1) is 14.0. The van der Waals surface area contributed by atoms with Gasteiger partial charge in [0.05, 0.1) is 6.10 Å². The van der Waals surface area contributed by atoms with E-state index >= 15 is 0 Å². The molecule has 2 heteroatoms. The van der Waals surface area contributed by atoms with Gasteiger partial charge < -0.3 is 10.1 Å². The third kappa shape index (κ3) is 5.31. The Labute approximate surface area is 101 Å². The molecule has 1 rings (SSSR count). The minimum atomic E-state index is 0.551. The van der Waals surface area contributed by atoms with Crippen LogP contribution in [0.25, 0.3) is 0 Å². The molecule has 0 spiro atoms. The average Bonchev–Trinajstić information content (AvgIpc) is 2.78. The summed E-state index contributed by atoms with van der Waals surface area (Å²) >= 11 is 0. The first-order valence-corrected chi connectivity index (χ1v) is 7.13. The summed E-state index contributed by atoms with van der Waals surface area (Å²) in [6, 6.07) is 1.35. The summed E-state index contributed by atoms with van der Waals surface area (Å²) in [5.41, 5.74) is 0. The number of rotatable bonds is 8. The number of hydrogen-bond donors (Lipinski definition) is 1. The van der Waals surface area contributed by atoms with Crippen LogP contribution in [0.3, 0.4) is 0 Å². The second kappa shape index (κ2) is 8.08. The molecule has 16 heavy (non-hydrogen) atoms. The van der Waals surface area contributed by atoms with Crippen LogP contribution in [0, 0.1) is 0 Å². The summed E-state index contributed by atoms with van der Waals surface area (Å²) in [7, 11) is 0. The number of hydrogen-bond acceptors (Lipinski definition) is 2. The first-order valence-electron chi connectivity index (χ1n) is 7.13. The standard InChI is InChI=1S/C14H29NO/c1-4-7-13(5-2)15-12(3)9-10-14-8-6-11-16-14/h12-15H,4-11H2,1-3H3. The van der Waals surface area contributed by atoms with E-state index in [1.165, 1.54) is 44.9 Å². The van der Waals surface area contributed by atoms with Crippen LogP contribution in [0.4, 0.5) is 0 Å². The van der Waals surface area contributed by atoms with E-state index < -0.39 is 0 Å². The lowest BCUT2D eigenvalue weighted by atomic mass is 10.0. The van der Waals surface area contributed by atoms with Crippen molar-refractivity contribution in [2.24, 2.45) is 0 Å². The van der Waals surface area contributed by atoms with Crippen molar-refractivity contribution in [3.63, 3.8) is 0 Å². The summed E-state index contributed by atoms with van der Waals surface area (Å²) in [5, 5.41) is 3.74.